The summed E-state index contributed by atoms with van der Waals surface area (Å²) >= 11 is 12.5. The predicted octanol–water partition coefficient (Wildman–Crippen LogP) is 3.43. The maximum absolute atomic E-state index is 12.5. The molecule has 0 unspecified atom stereocenters. The second-order valence-corrected chi connectivity index (χ2v) is 6.12. The molecule has 1 aromatic rings. The first-order chi connectivity index (χ1) is 11.4. The van der Waals surface area contributed by atoms with Crippen molar-refractivity contribution in [2.75, 3.05) is 32.9 Å². The molecule has 1 saturated heterocycles. The third-order valence-corrected chi connectivity index (χ3v) is 4.21. The van der Waals surface area contributed by atoms with E-state index in [0.29, 0.717) is 59.7 Å². The number of morpholine rings is 1. The van der Waals surface area contributed by atoms with Gasteiger partial charge in [-0.3, -0.25) is 4.79 Å². The molecule has 1 amide bonds. The van der Waals surface area contributed by atoms with Crippen molar-refractivity contribution in [3.05, 3.63) is 38.9 Å². The first-order valence-corrected chi connectivity index (χ1v) is 8.41. The molecule has 0 atom stereocenters. The van der Waals surface area contributed by atoms with Crippen LogP contribution in [-0.2, 0) is 14.3 Å². The fourth-order valence-corrected chi connectivity index (χ4v) is 2.91. The first-order valence-electron chi connectivity index (χ1n) is 7.65. The minimum absolute atomic E-state index is 0.139. The molecule has 7 heteroatoms. The normalized spacial score (nSPS) is 15.3. The lowest BCUT2D eigenvalue weighted by Crippen LogP contribution is -2.40. The van der Waals surface area contributed by atoms with Gasteiger partial charge in [0, 0.05) is 29.8 Å². The molecule has 0 aromatic heterocycles. The van der Waals surface area contributed by atoms with Crippen LogP contribution in [0, 0.1) is 0 Å². The lowest BCUT2D eigenvalue weighted by molar-refractivity contribution is -0.138. The van der Waals surface area contributed by atoms with Gasteiger partial charge in [-0.25, -0.2) is 4.79 Å². The maximum Gasteiger partial charge on any atom is 0.333 e. The molecule has 0 saturated carbocycles. The molecule has 1 aliphatic rings. The van der Waals surface area contributed by atoms with Crippen molar-refractivity contribution in [1.29, 1.82) is 0 Å². The molecule has 0 spiro atoms. The number of carbonyl (C=O) groups excluding carboxylic acids is 2. The SMILES string of the molecule is CCOC(=O)/C(C)=C/c1c(Cl)cc(C(=O)N2CCOCC2)cc1Cl. The lowest BCUT2D eigenvalue weighted by Gasteiger charge is -2.27. The zero-order valence-electron chi connectivity index (χ0n) is 13.6. The van der Waals surface area contributed by atoms with Crippen LogP contribution in [0.3, 0.4) is 0 Å². The van der Waals surface area contributed by atoms with Crippen LogP contribution in [-0.4, -0.2) is 49.7 Å². The Morgan fingerprint density at radius 2 is 1.83 bits per heavy atom. The van der Waals surface area contributed by atoms with E-state index in [1.165, 1.54) is 0 Å². The fraction of sp³-hybridized carbons (Fsp3) is 0.412. The van der Waals surface area contributed by atoms with Gasteiger partial charge in [-0.1, -0.05) is 23.2 Å². The summed E-state index contributed by atoms with van der Waals surface area (Å²) in [6, 6.07) is 3.13. The van der Waals surface area contributed by atoms with Crippen LogP contribution in [0.25, 0.3) is 6.08 Å². The average Bonchev–Trinajstić information content (AvgIpc) is 2.58. The Hall–Kier alpha value is -1.56. The van der Waals surface area contributed by atoms with Gasteiger partial charge in [0.25, 0.3) is 5.91 Å². The van der Waals surface area contributed by atoms with E-state index in [1.54, 1.807) is 37.0 Å². The van der Waals surface area contributed by atoms with Crippen LogP contribution in [0.5, 0.6) is 0 Å². The number of amides is 1. The molecule has 0 bridgehead atoms. The molecule has 1 aliphatic heterocycles. The molecule has 1 heterocycles. The van der Waals surface area contributed by atoms with Crippen molar-refractivity contribution in [2.24, 2.45) is 0 Å². The highest BCUT2D eigenvalue weighted by atomic mass is 35.5. The summed E-state index contributed by atoms with van der Waals surface area (Å²) in [5.41, 5.74) is 1.29. The molecule has 1 aromatic carbocycles. The zero-order valence-corrected chi connectivity index (χ0v) is 15.1. The van der Waals surface area contributed by atoms with Crippen molar-refractivity contribution in [3.63, 3.8) is 0 Å². The number of nitrogens with zero attached hydrogens (tertiary/aromatic N) is 1. The number of rotatable bonds is 4. The van der Waals surface area contributed by atoms with Crippen LogP contribution >= 0.6 is 23.2 Å². The number of hydrogen-bond donors (Lipinski definition) is 0. The van der Waals surface area contributed by atoms with E-state index < -0.39 is 5.97 Å². The van der Waals surface area contributed by atoms with Crippen LogP contribution in [0.15, 0.2) is 17.7 Å². The Morgan fingerprint density at radius 3 is 2.38 bits per heavy atom. The number of carbonyl (C=O) groups is 2. The van der Waals surface area contributed by atoms with Gasteiger partial charge in [-0.15, -0.1) is 0 Å². The molecule has 24 heavy (non-hydrogen) atoms. The van der Waals surface area contributed by atoms with Gasteiger partial charge in [0.1, 0.15) is 0 Å². The van der Waals surface area contributed by atoms with Crippen LogP contribution in [0.2, 0.25) is 10.0 Å². The summed E-state index contributed by atoms with van der Waals surface area (Å²) in [6.07, 6.45) is 1.56. The molecule has 0 N–H and O–H groups in total. The number of hydrogen-bond acceptors (Lipinski definition) is 4. The van der Waals surface area contributed by atoms with Crippen molar-refractivity contribution in [2.45, 2.75) is 13.8 Å². The summed E-state index contributed by atoms with van der Waals surface area (Å²) in [7, 11) is 0. The number of benzene rings is 1. The van der Waals surface area contributed by atoms with Crippen molar-refractivity contribution < 1.29 is 19.1 Å². The van der Waals surface area contributed by atoms with E-state index in [2.05, 4.69) is 0 Å². The van der Waals surface area contributed by atoms with E-state index >= 15 is 0 Å². The summed E-state index contributed by atoms with van der Waals surface area (Å²) in [5.74, 6) is -0.571. The summed E-state index contributed by atoms with van der Waals surface area (Å²) in [6.45, 7) is 5.77. The van der Waals surface area contributed by atoms with Crippen molar-refractivity contribution >= 4 is 41.2 Å². The van der Waals surface area contributed by atoms with Crippen LogP contribution in [0.4, 0.5) is 0 Å². The maximum atomic E-state index is 12.5. The van der Waals surface area contributed by atoms with Crippen LogP contribution in [0.1, 0.15) is 29.8 Å². The van der Waals surface area contributed by atoms with Gasteiger partial charge in [0.05, 0.1) is 29.9 Å². The van der Waals surface area contributed by atoms with Crippen LogP contribution < -0.4 is 0 Å². The van der Waals surface area contributed by atoms with E-state index in [0.717, 1.165) is 0 Å². The molecule has 1 fully saturated rings. The molecule has 0 radical (unpaired) electrons. The number of halogens is 2. The van der Waals surface area contributed by atoms with Gasteiger partial charge in [-0.05, 0) is 32.1 Å². The lowest BCUT2D eigenvalue weighted by atomic mass is 10.1. The summed E-state index contributed by atoms with van der Waals surface area (Å²) in [5, 5.41) is 0.616. The Balaban J connectivity index is 2.26. The minimum Gasteiger partial charge on any atom is -0.463 e. The zero-order chi connectivity index (χ0) is 17.7. The highest BCUT2D eigenvalue weighted by Crippen LogP contribution is 2.29. The highest BCUT2D eigenvalue weighted by Gasteiger charge is 2.20. The predicted molar refractivity (Wildman–Crippen MR) is 93.5 cm³/mol. The smallest absolute Gasteiger partial charge is 0.333 e. The Bertz CT molecular complexity index is 644. The van der Waals surface area contributed by atoms with Gasteiger partial charge in [0.15, 0.2) is 0 Å². The van der Waals surface area contributed by atoms with Gasteiger partial charge in [-0.2, -0.15) is 0 Å². The molecule has 5 nitrogen and oxygen atoms in total. The van der Waals surface area contributed by atoms with Gasteiger partial charge < -0.3 is 14.4 Å². The summed E-state index contributed by atoms with van der Waals surface area (Å²) < 4.78 is 10.2. The molecule has 130 valence electrons. The molecular formula is C17H19Cl2NO4. The second-order valence-electron chi connectivity index (χ2n) is 5.31. The van der Waals surface area contributed by atoms with E-state index in [4.69, 9.17) is 32.7 Å². The quantitative estimate of drug-likeness (QED) is 0.600. The Kier molecular flexibility index (Phi) is 6.66. The average molecular weight is 372 g/mol. The van der Waals surface area contributed by atoms with Crippen molar-refractivity contribution in [1.82, 2.24) is 4.90 Å². The Morgan fingerprint density at radius 1 is 1.25 bits per heavy atom. The highest BCUT2D eigenvalue weighted by molar-refractivity contribution is 6.37. The van der Waals surface area contributed by atoms with E-state index in [1.807, 2.05) is 0 Å². The molecule has 0 aliphatic carbocycles. The Labute approximate surface area is 151 Å². The topological polar surface area (TPSA) is 55.8 Å². The number of esters is 1. The second kappa shape index (κ2) is 8.51. The third kappa shape index (κ3) is 4.50. The third-order valence-electron chi connectivity index (χ3n) is 3.58. The first kappa shape index (κ1) is 18.8. The minimum atomic E-state index is -0.432. The molecular weight excluding hydrogens is 353 g/mol. The van der Waals surface area contributed by atoms with Gasteiger partial charge in [0.2, 0.25) is 0 Å². The van der Waals surface area contributed by atoms with Crippen molar-refractivity contribution in [3.8, 4) is 0 Å². The fourth-order valence-electron chi connectivity index (χ4n) is 2.32. The standard InChI is InChI=1S/C17H19Cl2NO4/c1-3-24-17(22)11(2)8-13-14(18)9-12(10-15(13)19)16(21)20-4-6-23-7-5-20/h8-10H,3-7H2,1-2H3/b11-8+. The van der Waals surface area contributed by atoms with Gasteiger partial charge >= 0.3 is 5.97 Å². The number of ether oxygens (including phenoxy) is 2. The largest absolute Gasteiger partial charge is 0.463 e. The van der Waals surface area contributed by atoms with E-state index in [-0.39, 0.29) is 5.91 Å². The van der Waals surface area contributed by atoms with E-state index in [9.17, 15) is 9.59 Å². The monoisotopic (exact) mass is 371 g/mol. The summed E-state index contributed by atoms with van der Waals surface area (Å²) in [4.78, 5) is 25.9. The molecule has 2 rings (SSSR count).